The normalized spacial score (nSPS) is 20.1. The molecule has 0 spiro atoms. The molecule has 0 aliphatic carbocycles. The van der Waals surface area contributed by atoms with E-state index in [0.29, 0.717) is 11.4 Å². The summed E-state index contributed by atoms with van der Waals surface area (Å²) in [6.07, 6.45) is -0.838. The molecule has 0 unspecified atom stereocenters. The first-order valence-electron chi connectivity index (χ1n) is 3.90. The van der Waals surface area contributed by atoms with Crippen molar-refractivity contribution >= 4 is 11.6 Å². The Morgan fingerprint density at radius 1 is 1.46 bits per heavy atom. The van der Waals surface area contributed by atoms with E-state index in [9.17, 15) is 4.79 Å². The van der Waals surface area contributed by atoms with Gasteiger partial charge in [0.15, 0.2) is 0 Å². The van der Waals surface area contributed by atoms with Gasteiger partial charge in [-0.3, -0.25) is 4.79 Å². The quantitative estimate of drug-likeness (QED) is 0.699. The molecule has 1 amide bonds. The lowest BCUT2D eigenvalue weighted by atomic mass is 10.2. The standard InChI is InChI=1S/C9H9NO3/c1-12-9-8(11)10-6-4-2-3-5-7(6)13-9/h2-5,9H,1H3,(H,10,11)/t9-/m1/s1. The number of ether oxygens (including phenoxy) is 2. The van der Waals surface area contributed by atoms with Gasteiger partial charge in [0.1, 0.15) is 5.75 Å². The molecule has 1 aliphatic rings. The molecule has 68 valence electrons. The van der Waals surface area contributed by atoms with Crippen molar-refractivity contribution < 1.29 is 14.3 Å². The summed E-state index contributed by atoms with van der Waals surface area (Å²) in [5.41, 5.74) is 0.681. The van der Waals surface area contributed by atoms with E-state index < -0.39 is 6.29 Å². The van der Waals surface area contributed by atoms with Gasteiger partial charge in [0.05, 0.1) is 5.69 Å². The minimum atomic E-state index is -0.838. The Kier molecular flexibility index (Phi) is 1.90. The van der Waals surface area contributed by atoms with Crippen LogP contribution in [0.25, 0.3) is 0 Å². The van der Waals surface area contributed by atoms with Crippen molar-refractivity contribution in [1.29, 1.82) is 0 Å². The number of nitrogens with one attached hydrogen (secondary N) is 1. The number of benzene rings is 1. The number of amides is 1. The van der Waals surface area contributed by atoms with E-state index in [1.807, 2.05) is 12.1 Å². The van der Waals surface area contributed by atoms with Crippen molar-refractivity contribution in [3.63, 3.8) is 0 Å². The summed E-state index contributed by atoms with van der Waals surface area (Å²) in [7, 11) is 1.43. The molecule has 0 bridgehead atoms. The maximum Gasteiger partial charge on any atom is 0.294 e. The van der Waals surface area contributed by atoms with Crippen molar-refractivity contribution in [1.82, 2.24) is 0 Å². The predicted octanol–water partition coefficient (Wildman–Crippen LogP) is 0.990. The molecule has 1 aliphatic heterocycles. The third kappa shape index (κ3) is 1.36. The van der Waals surface area contributed by atoms with Gasteiger partial charge in [-0.15, -0.1) is 0 Å². The summed E-state index contributed by atoms with van der Waals surface area (Å²) in [6, 6.07) is 7.22. The second kappa shape index (κ2) is 3.06. The molecular weight excluding hydrogens is 170 g/mol. The number of carbonyl (C=O) groups is 1. The lowest BCUT2D eigenvalue weighted by Gasteiger charge is -2.23. The monoisotopic (exact) mass is 179 g/mol. The summed E-state index contributed by atoms with van der Waals surface area (Å²) >= 11 is 0. The van der Waals surface area contributed by atoms with E-state index in [1.165, 1.54) is 7.11 Å². The molecule has 0 saturated carbocycles. The number of anilines is 1. The van der Waals surface area contributed by atoms with E-state index in [-0.39, 0.29) is 5.91 Å². The van der Waals surface area contributed by atoms with Crippen LogP contribution in [0.3, 0.4) is 0 Å². The third-order valence-corrected chi connectivity index (χ3v) is 1.81. The molecule has 1 aromatic carbocycles. The number of fused-ring (bicyclic) bond motifs is 1. The fourth-order valence-electron chi connectivity index (χ4n) is 1.19. The van der Waals surface area contributed by atoms with E-state index in [1.54, 1.807) is 12.1 Å². The van der Waals surface area contributed by atoms with E-state index >= 15 is 0 Å². The highest BCUT2D eigenvalue weighted by molar-refractivity contribution is 5.96. The van der Waals surface area contributed by atoms with Gasteiger partial charge in [-0.2, -0.15) is 0 Å². The Labute approximate surface area is 75.5 Å². The fraction of sp³-hybridized carbons (Fsp3) is 0.222. The highest BCUT2D eigenvalue weighted by Crippen LogP contribution is 2.28. The van der Waals surface area contributed by atoms with E-state index in [4.69, 9.17) is 9.47 Å². The zero-order valence-electron chi connectivity index (χ0n) is 7.11. The largest absolute Gasteiger partial charge is 0.453 e. The number of hydrogen-bond donors (Lipinski definition) is 1. The topological polar surface area (TPSA) is 47.6 Å². The molecule has 4 nitrogen and oxygen atoms in total. The summed E-state index contributed by atoms with van der Waals surface area (Å²) in [6.45, 7) is 0. The number of para-hydroxylation sites is 2. The van der Waals surface area contributed by atoms with Crippen LogP contribution < -0.4 is 10.1 Å². The highest BCUT2D eigenvalue weighted by Gasteiger charge is 2.26. The molecule has 1 heterocycles. The molecule has 0 aromatic heterocycles. The van der Waals surface area contributed by atoms with Crippen LogP contribution in [-0.2, 0) is 9.53 Å². The Morgan fingerprint density at radius 2 is 2.23 bits per heavy atom. The SMILES string of the molecule is CO[C@@H]1Oc2ccccc2NC1=O. The van der Waals surface area contributed by atoms with Crippen molar-refractivity contribution in [2.45, 2.75) is 6.29 Å². The van der Waals surface area contributed by atoms with Gasteiger partial charge in [0.2, 0.25) is 0 Å². The number of carbonyl (C=O) groups excluding carboxylic acids is 1. The summed E-state index contributed by atoms with van der Waals surface area (Å²) in [5, 5.41) is 2.67. The number of hydrogen-bond acceptors (Lipinski definition) is 3. The Hall–Kier alpha value is -1.55. The zero-order valence-corrected chi connectivity index (χ0v) is 7.11. The van der Waals surface area contributed by atoms with Crippen LogP contribution in [0.5, 0.6) is 5.75 Å². The Balaban J connectivity index is 2.33. The molecule has 1 aromatic rings. The van der Waals surface area contributed by atoms with Gasteiger partial charge in [-0.05, 0) is 12.1 Å². The molecule has 2 rings (SSSR count). The minimum Gasteiger partial charge on any atom is -0.453 e. The van der Waals surface area contributed by atoms with Gasteiger partial charge in [-0.1, -0.05) is 12.1 Å². The molecule has 4 heteroatoms. The predicted molar refractivity (Wildman–Crippen MR) is 46.5 cm³/mol. The Bertz CT molecular complexity index is 337. The lowest BCUT2D eigenvalue weighted by molar-refractivity contribution is -0.143. The minimum absolute atomic E-state index is 0.277. The summed E-state index contributed by atoms with van der Waals surface area (Å²) in [5.74, 6) is 0.357. The molecule has 0 saturated heterocycles. The molecular formula is C9H9NO3. The molecule has 0 radical (unpaired) electrons. The summed E-state index contributed by atoms with van der Waals surface area (Å²) < 4.78 is 10.1. The van der Waals surface area contributed by atoms with Gasteiger partial charge in [0, 0.05) is 7.11 Å². The van der Waals surface area contributed by atoms with Crippen molar-refractivity contribution in [2.24, 2.45) is 0 Å². The van der Waals surface area contributed by atoms with Crippen LogP contribution in [0.2, 0.25) is 0 Å². The van der Waals surface area contributed by atoms with Crippen LogP contribution in [0.4, 0.5) is 5.69 Å². The first kappa shape index (κ1) is 8.07. The smallest absolute Gasteiger partial charge is 0.294 e. The molecule has 13 heavy (non-hydrogen) atoms. The molecule has 1 atom stereocenters. The average Bonchev–Trinajstić information content (AvgIpc) is 2.17. The molecule has 1 N–H and O–H groups in total. The lowest BCUT2D eigenvalue weighted by Crippen LogP contribution is -2.38. The van der Waals surface area contributed by atoms with Crippen LogP contribution in [0.1, 0.15) is 0 Å². The van der Waals surface area contributed by atoms with Gasteiger partial charge >= 0.3 is 0 Å². The van der Waals surface area contributed by atoms with Crippen LogP contribution in [0, 0.1) is 0 Å². The van der Waals surface area contributed by atoms with Gasteiger partial charge in [0.25, 0.3) is 12.2 Å². The van der Waals surface area contributed by atoms with Crippen molar-refractivity contribution in [3.05, 3.63) is 24.3 Å². The van der Waals surface area contributed by atoms with E-state index in [2.05, 4.69) is 5.32 Å². The maximum atomic E-state index is 11.2. The third-order valence-electron chi connectivity index (χ3n) is 1.81. The Morgan fingerprint density at radius 3 is 3.00 bits per heavy atom. The van der Waals surface area contributed by atoms with Crippen LogP contribution in [-0.4, -0.2) is 19.3 Å². The first-order chi connectivity index (χ1) is 6.31. The second-order valence-electron chi connectivity index (χ2n) is 2.67. The van der Waals surface area contributed by atoms with Gasteiger partial charge in [-0.25, -0.2) is 0 Å². The van der Waals surface area contributed by atoms with Crippen LogP contribution >= 0.6 is 0 Å². The zero-order chi connectivity index (χ0) is 9.26. The van der Waals surface area contributed by atoms with Crippen LogP contribution in [0.15, 0.2) is 24.3 Å². The number of methoxy groups -OCH3 is 1. The van der Waals surface area contributed by atoms with Crippen molar-refractivity contribution in [2.75, 3.05) is 12.4 Å². The van der Waals surface area contributed by atoms with Crippen molar-refractivity contribution in [3.8, 4) is 5.75 Å². The second-order valence-corrected chi connectivity index (χ2v) is 2.67. The van der Waals surface area contributed by atoms with E-state index in [0.717, 1.165) is 0 Å². The first-order valence-corrected chi connectivity index (χ1v) is 3.90. The number of rotatable bonds is 1. The fourth-order valence-corrected chi connectivity index (χ4v) is 1.19. The maximum absolute atomic E-state index is 11.2. The van der Waals surface area contributed by atoms with Gasteiger partial charge < -0.3 is 14.8 Å². The highest BCUT2D eigenvalue weighted by atomic mass is 16.7. The summed E-state index contributed by atoms with van der Waals surface area (Å²) in [4.78, 5) is 11.2. The molecule has 0 fully saturated rings. The average molecular weight is 179 g/mol.